The van der Waals surface area contributed by atoms with Gasteiger partial charge in [-0.05, 0) is 65.4 Å². The summed E-state index contributed by atoms with van der Waals surface area (Å²) in [6.07, 6.45) is 3.46. The van der Waals surface area contributed by atoms with Crippen molar-refractivity contribution in [3.05, 3.63) is 113 Å². The van der Waals surface area contributed by atoms with E-state index in [4.69, 9.17) is 26.1 Å². The number of ether oxygens (including phenoxy) is 2. The van der Waals surface area contributed by atoms with E-state index in [9.17, 15) is 9.90 Å². The monoisotopic (exact) mass is 530 g/mol. The largest absolute Gasteiger partial charge is 0.503 e. The second-order valence-corrected chi connectivity index (χ2v) is 10.4. The molecule has 4 aromatic rings. The fourth-order valence-electron chi connectivity index (χ4n) is 5.12. The first-order chi connectivity index (χ1) is 18.0. The summed E-state index contributed by atoms with van der Waals surface area (Å²) in [5.74, 6) is 0.848. The van der Waals surface area contributed by atoms with Crippen LogP contribution < -0.4 is 24.4 Å². The molecule has 186 valence electrons. The number of aromatic hydroxyl groups is 1. The number of methoxy groups -OCH3 is 2. The number of halogens is 1. The van der Waals surface area contributed by atoms with Crippen LogP contribution in [0.4, 0.5) is 0 Å². The zero-order valence-electron chi connectivity index (χ0n) is 20.2. The molecule has 1 aromatic heterocycles. The molecule has 0 saturated carbocycles. The van der Waals surface area contributed by atoms with Gasteiger partial charge in [-0.2, -0.15) is 0 Å². The molecule has 1 aliphatic heterocycles. The Bertz CT molecular complexity index is 1770. The molecule has 0 fully saturated rings. The highest BCUT2D eigenvalue weighted by Crippen LogP contribution is 2.41. The summed E-state index contributed by atoms with van der Waals surface area (Å²) in [4.78, 5) is 19.6. The number of thiazole rings is 1. The summed E-state index contributed by atoms with van der Waals surface area (Å²) in [6, 6.07) is 19.2. The number of nitrogens with zero attached hydrogens (tertiary/aromatic N) is 2. The number of phenolic OH excluding ortho intramolecular Hbond substituents is 1. The maximum atomic E-state index is 13.9. The van der Waals surface area contributed by atoms with Gasteiger partial charge < -0.3 is 14.6 Å². The Morgan fingerprint density at radius 2 is 1.92 bits per heavy atom. The van der Waals surface area contributed by atoms with Crippen molar-refractivity contribution in [1.29, 1.82) is 0 Å². The molecule has 0 amide bonds. The molecule has 37 heavy (non-hydrogen) atoms. The minimum atomic E-state index is -0.296. The first kappa shape index (κ1) is 23.6. The van der Waals surface area contributed by atoms with Gasteiger partial charge in [0.05, 0.1) is 35.5 Å². The van der Waals surface area contributed by atoms with Crippen LogP contribution in [-0.2, 0) is 6.42 Å². The summed E-state index contributed by atoms with van der Waals surface area (Å²) >= 11 is 7.54. The van der Waals surface area contributed by atoms with Gasteiger partial charge in [-0.3, -0.25) is 9.36 Å². The van der Waals surface area contributed by atoms with Gasteiger partial charge in [0.25, 0.3) is 5.56 Å². The van der Waals surface area contributed by atoms with Gasteiger partial charge in [-0.1, -0.05) is 59.3 Å². The second kappa shape index (κ2) is 9.25. The third-order valence-electron chi connectivity index (χ3n) is 6.85. The van der Waals surface area contributed by atoms with Gasteiger partial charge in [0.15, 0.2) is 16.3 Å². The van der Waals surface area contributed by atoms with Crippen LogP contribution in [0.3, 0.4) is 0 Å². The smallest absolute Gasteiger partial charge is 0.271 e. The highest BCUT2D eigenvalue weighted by Gasteiger charge is 2.32. The average molecular weight is 531 g/mol. The van der Waals surface area contributed by atoms with Crippen LogP contribution in [0.1, 0.15) is 34.7 Å². The number of allylic oxidation sites excluding steroid dienone is 1. The third kappa shape index (κ3) is 3.95. The van der Waals surface area contributed by atoms with Crippen molar-refractivity contribution >= 4 is 34.7 Å². The number of fused-ring (bicyclic) bond motifs is 3. The molecule has 1 aliphatic carbocycles. The van der Waals surface area contributed by atoms with E-state index in [-0.39, 0.29) is 28.1 Å². The lowest BCUT2D eigenvalue weighted by atomic mass is 9.83. The second-order valence-electron chi connectivity index (χ2n) is 8.94. The lowest BCUT2D eigenvalue weighted by Crippen LogP contribution is -2.38. The van der Waals surface area contributed by atoms with Gasteiger partial charge in [-0.25, -0.2) is 4.99 Å². The highest BCUT2D eigenvalue weighted by molar-refractivity contribution is 7.07. The van der Waals surface area contributed by atoms with Crippen molar-refractivity contribution < 1.29 is 14.6 Å². The number of hydrogen-bond acceptors (Lipinski definition) is 6. The third-order valence-corrected chi connectivity index (χ3v) is 8.12. The molecule has 6 rings (SSSR count). The number of aryl methyl sites for hydroxylation is 1. The van der Waals surface area contributed by atoms with Gasteiger partial charge in [0.2, 0.25) is 0 Å². The van der Waals surface area contributed by atoms with Crippen molar-refractivity contribution in [3.8, 4) is 17.2 Å². The Balaban J connectivity index is 1.61. The van der Waals surface area contributed by atoms with Crippen molar-refractivity contribution in [2.24, 2.45) is 4.99 Å². The average Bonchev–Trinajstić information content (AvgIpc) is 3.23. The Morgan fingerprint density at radius 1 is 1.08 bits per heavy atom. The van der Waals surface area contributed by atoms with Crippen LogP contribution in [0.25, 0.3) is 11.8 Å². The topological polar surface area (TPSA) is 73.1 Å². The number of rotatable bonds is 4. The Hall–Kier alpha value is -3.81. The number of aromatic nitrogens is 1. The lowest BCUT2D eigenvalue weighted by Gasteiger charge is -2.31. The van der Waals surface area contributed by atoms with Gasteiger partial charge in [0.1, 0.15) is 5.75 Å². The molecule has 0 radical (unpaired) electrons. The van der Waals surface area contributed by atoms with Crippen LogP contribution >= 0.6 is 22.9 Å². The van der Waals surface area contributed by atoms with Gasteiger partial charge >= 0.3 is 0 Å². The molecule has 0 spiro atoms. The first-order valence-corrected chi connectivity index (χ1v) is 13.0. The minimum absolute atomic E-state index is 0.132. The van der Waals surface area contributed by atoms with E-state index < -0.39 is 0 Å². The van der Waals surface area contributed by atoms with Crippen LogP contribution in [0.5, 0.6) is 17.2 Å². The van der Waals surface area contributed by atoms with Crippen LogP contribution in [0.2, 0.25) is 5.02 Å². The fourth-order valence-corrected chi connectivity index (χ4v) is 6.34. The Labute approximate surface area is 222 Å². The summed E-state index contributed by atoms with van der Waals surface area (Å²) < 4.78 is 13.1. The van der Waals surface area contributed by atoms with E-state index in [0.717, 1.165) is 41.0 Å². The van der Waals surface area contributed by atoms with Crippen molar-refractivity contribution in [3.63, 3.8) is 0 Å². The minimum Gasteiger partial charge on any atom is -0.503 e. The van der Waals surface area contributed by atoms with Crippen LogP contribution in [-0.4, -0.2) is 23.9 Å². The summed E-state index contributed by atoms with van der Waals surface area (Å²) in [5, 5.41) is 10.3. The first-order valence-electron chi connectivity index (χ1n) is 11.8. The molecule has 8 heteroatoms. The lowest BCUT2D eigenvalue weighted by molar-refractivity contribution is 0.373. The SMILES string of the molecule is COc1cccc(C2C3=C(N=c4s/c(=C\c5cc(Cl)c(O)c(OC)c5)c(=O)n42)c2ccccc2CC3)c1. The molecular weight excluding hydrogens is 508 g/mol. The van der Waals surface area contributed by atoms with Crippen molar-refractivity contribution in [1.82, 2.24) is 4.57 Å². The fraction of sp³-hybridized carbons (Fsp3) is 0.172. The van der Waals surface area contributed by atoms with E-state index >= 15 is 0 Å². The summed E-state index contributed by atoms with van der Waals surface area (Å²) in [7, 11) is 3.10. The molecule has 1 N–H and O–H groups in total. The predicted molar refractivity (Wildman–Crippen MR) is 145 cm³/mol. The normalized spacial score (nSPS) is 16.5. The quantitative estimate of drug-likeness (QED) is 0.415. The molecule has 6 nitrogen and oxygen atoms in total. The van der Waals surface area contributed by atoms with Crippen molar-refractivity contribution in [2.45, 2.75) is 18.9 Å². The number of benzene rings is 3. The molecule has 1 unspecified atom stereocenters. The number of phenols is 1. The standard InChI is InChI=1S/C29H23ClN2O4S/c1-35-19-8-5-7-18(15-19)26-21-11-10-17-6-3-4-9-20(17)25(21)31-29-32(26)28(34)24(37-29)14-16-12-22(30)27(33)23(13-16)36-2/h3-9,12-15,26,33H,10-11H2,1-2H3/b24-14-. The Morgan fingerprint density at radius 3 is 2.73 bits per heavy atom. The van der Waals surface area contributed by atoms with E-state index in [2.05, 4.69) is 18.2 Å². The van der Waals surface area contributed by atoms with Crippen LogP contribution in [0.15, 0.2) is 76.0 Å². The predicted octanol–water partition coefficient (Wildman–Crippen LogP) is 4.69. The number of hydrogen-bond donors (Lipinski definition) is 1. The molecule has 2 aliphatic rings. The molecule has 3 aromatic carbocycles. The highest BCUT2D eigenvalue weighted by atomic mass is 35.5. The van der Waals surface area contributed by atoms with Gasteiger partial charge in [-0.15, -0.1) is 0 Å². The van der Waals surface area contributed by atoms with Crippen molar-refractivity contribution in [2.75, 3.05) is 14.2 Å². The van der Waals surface area contributed by atoms with E-state index in [0.29, 0.717) is 14.9 Å². The maximum Gasteiger partial charge on any atom is 0.271 e. The molecule has 2 heterocycles. The van der Waals surface area contributed by atoms with Crippen LogP contribution in [0, 0.1) is 0 Å². The zero-order chi connectivity index (χ0) is 25.7. The summed E-state index contributed by atoms with van der Waals surface area (Å²) in [5.41, 5.74) is 5.94. The molecule has 1 atom stereocenters. The molecular formula is C29H23ClN2O4S. The molecule has 0 bridgehead atoms. The van der Waals surface area contributed by atoms with E-state index in [1.807, 2.05) is 30.3 Å². The van der Waals surface area contributed by atoms with E-state index in [1.54, 1.807) is 29.9 Å². The summed E-state index contributed by atoms with van der Waals surface area (Å²) in [6.45, 7) is 0. The van der Waals surface area contributed by atoms with Gasteiger partial charge in [0, 0.05) is 5.56 Å². The zero-order valence-corrected chi connectivity index (χ0v) is 21.8. The maximum absolute atomic E-state index is 13.9. The molecule has 0 saturated heterocycles. The van der Waals surface area contributed by atoms with E-state index in [1.165, 1.54) is 24.0 Å². The Kier molecular flexibility index (Phi) is 5.89.